The van der Waals surface area contributed by atoms with E-state index in [4.69, 9.17) is 0 Å². The second-order valence-electron chi connectivity index (χ2n) is 8.37. The first-order valence-corrected chi connectivity index (χ1v) is 10.0. The Morgan fingerprint density at radius 3 is 2.50 bits per heavy atom. The van der Waals surface area contributed by atoms with E-state index in [2.05, 4.69) is 29.4 Å². The molecule has 0 saturated heterocycles. The summed E-state index contributed by atoms with van der Waals surface area (Å²) in [5.74, 6) is -0.214. The first kappa shape index (κ1) is 19.8. The second kappa shape index (κ2) is 7.40. The van der Waals surface area contributed by atoms with Crippen LogP contribution in [0.5, 0.6) is 0 Å². The number of hydrogen-bond donors (Lipinski definition) is 2. The highest BCUT2D eigenvalue weighted by molar-refractivity contribution is 5.95. The van der Waals surface area contributed by atoms with Crippen LogP contribution in [0.1, 0.15) is 19.5 Å². The SMILES string of the molecule is Cc1c(NC(=O)CN2CC(C)(C)Nc3ccccc32)c(=O)n(-c2ccccc2)n1C. The lowest BCUT2D eigenvalue weighted by Gasteiger charge is -2.41. The van der Waals surface area contributed by atoms with Gasteiger partial charge >= 0.3 is 0 Å². The molecule has 7 nitrogen and oxygen atoms in total. The molecule has 4 rings (SSSR count). The average Bonchev–Trinajstić information content (AvgIpc) is 2.91. The minimum atomic E-state index is -0.240. The lowest BCUT2D eigenvalue weighted by Crippen LogP contribution is -2.50. The van der Waals surface area contributed by atoms with Crippen molar-refractivity contribution in [3.8, 4) is 5.69 Å². The van der Waals surface area contributed by atoms with Crippen LogP contribution in [0.25, 0.3) is 5.69 Å². The van der Waals surface area contributed by atoms with E-state index in [9.17, 15) is 9.59 Å². The van der Waals surface area contributed by atoms with E-state index in [1.807, 2.05) is 68.6 Å². The smallest absolute Gasteiger partial charge is 0.295 e. The van der Waals surface area contributed by atoms with Gasteiger partial charge < -0.3 is 15.5 Å². The minimum Gasteiger partial charge on any atom is -0.377 e. The zero-order chi connectivity index (χ0) is 21.5. The quantitative estimate of drug-likeness (QED) is 0.700. The summed E-state index contributed by atoms with van der Waals surface area (Å²) in [6, 6.07) is 17.4. The molecular formula is C23H27N5O2. The van der Waals surface area contributed by atoms with Crippen molar-refractivity contribution >= 4 is 23.0 Å². The van der Waals surface area contributed by atoms with E-state index >= 15 is 0 Å². The molecule has 3 aromatic rings. The van der Waals surface area contributed by atoms with Gasteiger partial charge in [-0.05, 0) is 45.0 Å². The molecule has 1 aliphatic rings. The van der Waals surface area contributed by atoms with Gasteiger partial charge in [-0.3, -0.25) is 14.3 Å². The fraction of sp³-hybridized carbons (Fsp3) is 0.304. The normalized spacial score (nSPS) is 14.7. The van der Waals surface area contributed by atoms with Crippen LogP contribution in [0.2, 0.25) is 0 Å². The zero-order valence-corrected chi connectivity index (χ0v) is 17.8. The van der Waals surface area contributed by atoms with E-state index in [0.717, 1.165) is 17.1 Å². The second-order valence-corrected chi connectivity index (χ2v) is 8.37. The van der Waals surface area contributed by atoms with E-state index < -0.39 is 0 Å². The van der Waals surface area contributed by atoms with E-state index in [-0.39, 0.29) is 23.6 Å². The maximum Gasteiger partial charge on any atom is 0.295 e. The molecule has 0 spiro atoms. The number of amides is 1. The van der Waals surface area contributed by atoms with Crippen LogP contribution in [-0.4, -0.2) is 33.9 Å². The van der Waals surface area contributed by atoms with Gasteiger partial charge in [-0.1, -0.05) is 30.3 Å². The Labute approximate surface area is 175 Å². The summed E-state index contributed by atoms with van der Waals surface area (Å²) < 4.78 is 3.32. The number of para-hydroxylation sites is 3. The fourth-order valence-electron chi connectivity index (χ4n) is 4.03. The van der Waals surface area contributed by atoms with Crippen molar-refractivity contribution in [3.05, 3.63) is 70.6 Å². The summed E-state index contributed by atoms with van der Waals surface area (Å²) in [4.78, 5) is 28.0. The van der Waals surface area contributed by atoms with Gasteiger partial charge in [0.2, 0.25) is 5.91 Å². The predicted molar refractivity (Wildman–Crippen MR) is 121 cm³/mol. The number of fused-ring (bicyclic) bond motifs is 1. The van der Waals surface area contributed by atoms with E-state index in [1.54, 1.807) is 9.36 Å². The lowest BCUT2D eigenvalue weighted by molar-refractivity contribution is -0.115. The van der Waals surface area contributed by atoms with Gasteiger partial charge in [-0.25, -0.2) is 4.68 Å². The van der Waals surface area contributed by atoms with Crippen LogP contribution in [-0.2, 0) is 11.8 Å². The van der Waals surface area contributed by atoms with Crippen molar-refractivity contribution < 1.29 is 4.79 Å². The molecule has 156 valence electrons. The number of aromatic nitrogens is 2. The molecule has 2 aromatic carbocycles. The molecule has 1 amide bonds. The van der Waals surface area contributed by atoms with Crippen molar-refractivity contribution in [2.24, 2.45) is 7.05 Å². The zero-order valence-electron chi connectivity index (χ0n) is 17.8. The molecular weight excluding hydrogens is 378 g/mol. The number of carbonyl (C=O) groups is 1. The Hall–Kier alpha value is -3.48. The summed E-state index contributed by atoms with van der Waals surface area (Å²) in [6.45, 7) is 6.89. The molecule has 0 radical (unpaired) electrons. The predicted octanol–water partition coefficient (Wildman–Crippen LogP) is 3.13. The number of hydrogen-bond acceptors (Lipinski definition) is 4. The largest absolute Gasteiger partial charge is 0.377 e. The Morgan fingerprint density at radius 2 is 1.77 bits per heavy atom. The third kappa shape index (κ3) is 3.58. The number of rotatable bonds is 4. The summed E-state index contributed by atoms with van der Waals surface area (Å²) in [7, 11) is 1.81. The number of benzene rings is 2. The van der Waals surface area contributed by atoms with Gasteiger partial charge in [0, 0.05) is 19.1 Å². The molecule has 1 aromatic heterocycles. The van der Waals surface area contributed by atoms with Crippen LogP contribution in [0.4, 0.5) is 17.1 Å². The molecule has 0 bridgehead atoms. The molecule has 1 aliphatic heterocycles. The molecule has 7 heteroatoms. The Morgan fingerprint density at radius 1 is 1.10 bits per heavy atom. The fourth-order valence-corrected chi connectivity index (χ4v) is 4.03. The van der Waals surface area contributed by atoms with Crippen LogP contribution in [0, 0.1) is 6.92 Å². The molecule has 0 unspecified atom stereocenters. The number of nitrogens with zero attached hydrogens (tertiary/aromatic N) is 3. The average molecular weight is 406 g/mol. The Kier molecular flexibility index (Phi) is 4.89. The molecule has 2 heterocycles. The molecule has 30 heavy (non-hydrogen) atoms. The van der Waals surface area contributed by atoms with Gasteiger partial charge in [-0.15, -0.1) is 0 Å². The third-order valence-electron chi connectivity index (χ3n) is 5.46. The maximum absolute atomic E-state index is 13.0. The van der Waals surface area contributed by atoms with Crippen molar-refractivity contribution in [2.45, 2.75) is 26.3 Å². The number of anilines is 3. The van der Waals surface area contributed by atoms with Gasteiger partial charge in [-0.2, -0.15) is 0 Å². The topological polar surface area (TPSA) is 71.3 Å². The van der Waals surface area contributed by atoms with Crippen molar-refractivity contribution in [1.82, 2.24) is 9.36 Å². The maximum atomic E-state index is 13.0. The molecule has 0 atom stereocenters. The Bertz CT molecular complexity index is 1140. The first-order valence-electron chi connectivity index (χ1n) is 10.0. The highest BCUT2D eigenvalue weighted by atomic mass is 16.2. The highest BCUT2D eigenvalue weighted by Crippen LogP contribution is 2.33. The van der Waals surface area contributed by atoms with Gasteiger partial charge in [0.1, 0.15) is 5.69 Å². The summed E-state index contributed by atoms with van der Waals surface area (Å²) in [5.41, 5.74) is 3.36. The van der Waals surface area contributed by atoms with Gasteiger partial charge in [0.05, 0.1) is 29.3 Å². The summed E-state index contributed by atoms with van der Waals surface area (Å²) >= 11 is 0. The number of carbonyl (C=O) groups excluding carboxylic acids is 1. The van der Waals surface area contributed by atoms with Crippen molar-refractivity contribution in [1.29, 1.82) is 0 Å². The monoisotopic (exact) mass is 405 g/mol. The van der Waals surface area contributed by atoms with Crippen LogP contribution < -0.4 is 21.1 Å². The van der Waals surface area contributed by atoms with E-state index in [0.29, 0.717) is 17.9 Å². The van der Waals surface area contributed by atoms with Crippen molar-refractivity contribution in [2.75, 3.05) is 28.6 Å². The summed E-state index contributed by atoms with van der Waals surface area (Å²) in [6.07, 6.45) is 0. The van der Waals surface area contributed by atoms with Crippen LogP contribution in [0.3, 0.4) is 0 Å². The first-order chi connectivity index (χ1) is 14.3. The van der Waals surface area contributed by atoms with Crippen molar-refractivity contribution in [3.63, 3.8) is 0 Å². The van der Waals surface area contributed by atoms with Gasteiger partial charge in [0.15, 0.2) is 0 Å². The lowest BCUT2D eigenvalue weighted by atomic mass is 9.99. The standard InChI is InChI=1S/C23H27N5O2/c1-16-21(22(30)28(26(16)4)17-10-6-5-7-11-17)24-20(29)14-27-15-23(2,3)25-18-12-8-9-13-19(18)27/h5-13,25H,14-15H2,1-4H3,(H,24,29). The van der Waals surface area contributed by atoms with Crippen LogP contribution >= 0.6 is 0 Å². The highest BCUT2D eigenvalue weighted by Gasteiger charge is 2.30. The molecule has 0 saturated carbocycles. The molecule has 0 aliphatic carbocycles. The minimum absolute atomic E-state index is 0.168. The van der Waals surface area contributed by atoms with Crippen LogP contribution in [0.15, 0.2) is 59.4 Å². The Balaban J connectivity index is 1.59. The molecule has 0 fully saturated rings. The number of nitrogens with one attached hydrogen (secondary N) is 2. The van der Waals surface area contributed by atoms with E-state index in [1.165, 1.54) is 0 Å². The molecule has 2 N–H and O–H groups in total. The van der Waals surface area contributed by atoms with Gasteiger partial charge in [0.25, 0.3) is 5.56 Å². The summed E-state index contributed by atoms with van der Waals surface area (Å²) in [5, 5.41) is 6.37. The third-order valence-corrected chi connectivity index (χ3v) is 5.46.